The second-order valence-corrected chi connectivity index (χ2v) is 6.42. The lowest BCUT2D eigenvalue weighted by atomic mass is 10.1. The number of nitriles is 1. The molecular formula is C17H23N3O2. The zero-order chi connectivity index (χ0) is 16.2. The molecule has 0 atom stereocenters. The summed E-state index contributed by atoms with van der Waals surface area (Å²) in [7, 11) is 0. The van der Waals surface area contributed by atoms with Crippen molar-refractivity contribution in [2.45, 2.75) is 25.9 Å². The molecule has 0 unspecified atom stereocenters. The lowest BCUT2D eigenvalue weighted by Gasteiger charge is -2.37. The average Bonchev–Trinajstić information content (AvgIpc) is 2.46. The van der Waals surface area contributed by atoms with Gasteiger partial charge in [-0.3, -0.25) is 9.69 Å². The first-order valence-corrected chi connectivity index (χ1v) is 7.59. The van der Waals surface area contributed by atoms with E-state index in [1.807, 2.05) is 17.0 Å². The molecule has 1 aromatic rings. The second-order valence-electron chi connectivity index (χ2n) is 6.42. The molecule has 22 heavy (non-hydrogen) atoms. The predicted molar refractivity (Wildman–Crippen MR) is 84.4 cm³/mol. The predicted octanol–water partition coefficient (Wildman–Crippen LogP) is 1.28. The number of hydrogen-bond acceptors (Lipinski definition) is 4. The number of β-amino-alcohol motifs (C(OH)–C–C–N with tert-alkyl or cyclic N) is 1. The number of nitrogens with zero attached hydrogens (tertiary/aromatic N) is 3. The Morgan fingerprint density at radius 3 is 2.59 bits per heavy atom. The molecule has 1 saturated heterocycles. The number of piperazine rings is 1. The molecule has 2 rings (SSSR count). The quantitative estimate of drug-likeness (QED) is 0.910. The molecule has 0 spiro atoms. The summed E-state index contributed by atoms with van der Waals surface area (Å²) in [5.74, 6) is 0.0164. The van der Waals surface area contributed by atoms with E-state index in [-0.39, 0.29) is 5.91 Å². The molecule has 0 bridgehead atoms. The Morgan fingerprint density at radius 1 is 1.32 bits per heavy atom. The largest absolute Gasteiger partial charge is 0.389 e. The summed E-state index contributed by atoms with van der Waals surface area (Å²) < 4.78 is 0. The Morgan fingerprint density at radius 2 is 2.00 bits per heavy atom. The number of carbonyl (C=O) groups excluding carboxylic acids is 1. The molecule has 5 heteroatoms. The number of hydrogen-bond donors (Lipinski definition) is 1. The van der Waals surface area contributed by atoms with Crippen molar-refractivity contribution in [3.8, 4) is 6.07 Å². The van der Waals surface area contributed by atoms with E-state index in [4.69, 9.17) is 5.26 Å². The summed E-state index contributed by atoms with van der Waals surface area (Å²) in [6.45, 7) is 7.08. The molecule has 1 heterocycles. The molecule has 1 aliphatic heterocycles. The molecule has 0 saturated carbocycles. The summed E-state index contributed by atoms with van der Waals surface area (Å²) in [5.41, 5.74) is 0.801. The molecule has 1 aliphatic rings. The van der Waals surface area contributed by atoms with Crippen molar-refractivity contribution in [3.05, 3.63) is 35.4 Å². The third-order valence-electron chi connectivity index (χ3n) is 3.73. The van der Waals surface area contributed by atoms with Gasteiger partial charge in [-0.05, 0) is 31.5 Å². The Bertz CT molecular complexity index is 564. The van der Waals surface area contributed by atoms with Gasteiger partial charge in [-0.25, -0.2) is 0 Å². The number of rotatable bonds is 4. The summed E-state index contributed by atoms with van der Waals surface area (Å²) in [6.07, 6.45) is 0.320. The van der Waals surface area contributed by atoms with E-state index in [1.54, 1.807) is 26.0 Å². The highest BCUT2D eigenvalue weighted by Gasteiger charge is 2.25. The number of aliphatic hydroxyl groups is 1. The van der Waals surface area contributed by atoms with Crippen LogP contribution in [-0.2, 0) is 6.42 Å². The standard InChI is InChI=1S/C17H23N3O2/c1-17(2,22)13-19-8-10-20(11-9-19)16(21)15-5-3-4-14(12-15)6-7-18/h3-5,12,22H,6,8-11,13H2,1-2H3. The maximum atomic E-state index is 12.5. The van der Waals surface area contributed by atoms with Crippen LogP contribution in [0.25, 0.3) is 0 Å². The normalized spacial score (nSPS) is 16.4. The summed E-state index contributed by atoms with van der Waals surface area (Å²) in [4.78, 5) is 16.5. The third kappa shape index (κ3) is 4.55. The summed E-state index contributed by atoms with van der Waals surface area (Å²) >= 11 is 0. The van der Waals surface area contributed by atoms with Crippen LogP contribution in [0.4, 0.5) is 0 Å². The van der Waals surface area contributed by atoms with Crippen LogP contribution in [0.2, 0.25) is 0 Å². The molecular weight excluding hydrogens is 278 g/mol. The van der Waals surface area contributed by atoms with Gasteiger partial charge in [0.15, 0.2) is 0 Å². The minimum Gasteiger partial charge on any atom is -0.389 e. The van der Waals surface area contributed by atoms with Crippen LogP contribution in [0, 0.1) is 11.3 Å². The monoisotopic (exact) mass is 301 g/mol. The van der Waals surface area contributed by atoms with Crippen LogP contribution in [0.1, 0.15) is 29.8 Å². The van der Waals surface area contributed by atoms with Crippen molar-refractivity contribution in [2.75, 3.05) is 32.7 Å². The van der Waals surface area contributed by atoms with Crippen LogP contribution in [0.15, 0.2) is 24.3 Å². The first-order chi connectivity index (χ1) is 10.4. The fraction of sp³-hybridized carbons (Fsp3) is 0.529. The fourth-order valence-corrected chi connectivity index (χ4v) is 2.74. The Balaban J connectivity index is 1.95. The van der Waals surface area contributed by atoms with Crippen LogP contribution in [0.3, 0.4) is 0 Å². The molecule has 0 aliphatic carbocycles. The lowest BCUT2D eigenvalue weighted by Crippen LogP contribution is -2.52. The number of amides is 1. The van der Waals surface area contributed by atoms with Crippen LogP contribution in [-0.4, -0.2) is 59.1 Å². The highest BCUT2D eigenvalue weighted by molar-refractivity contribution is 5.94. The van der Waals surface area contributed by atoms with Gasteiger partial charge in [0.2, 0.25) is 0 Å². The topological polar surface area (TPSA) is 67.6 Å². The highest BCUT2D eigenvalue weighted by Crippen LogP contribution is 2.13. The molecule has 0 aromatic heterocycles. The first-order valence-electron chi connectivity index (χ1n) is 7.59. The Hall–Kier alpha value is -1.90. The molecule has 0 radical (unpaired) electrons. The average molecular weight is 301 g/mol. The van der Waals surface area contributed by atoms with Crippen LogP contribution < -0.4 is 0 Å². The van der Waals surface area contributed by atoms with Gasteiger partial charge < -0.3 is 10.0 Å². The fourth-order valence-electron chi connectivity index (χ4n) is 2.74. The third-order valence-corrected chi connectivity index (χ3v) is 3.73. The second kappa shape index (κ2) is 6.91. The van der Waals surface area contributed by atoms with Crippen molar-refractivity contribution in [2.24, 2.45) is 0 Å². The summed E-state index contributed by atoms with van der Waals surface area (Å²) in [5, 5.41) is 18.6. The zero-order valence-electron chi connectivity index (χ0n) is 13.2. The van der Waals surface area contributed by atoms with Crippen molar-refractivity contribution in [1.29, 1.82) is 5.26 Å². The van der Waals surface area contributed by atoms with Crippen LogP contribution in [0.5, 0.6) is 0 Å². The first kappa shape index (κ1) is 16.5. The minimum atomic E-state index is -0.711. The molecule has 1 aromatic carbocycles. The van der Waals surface area contributed by atoms with Gasteiger partial charge in [-0.1, -0.05) is 12.1 Å². The van der Waals surface area contributed by atoms with Gasteiger partial charge in [0.05, 0.1) is 18.1 Å². The zero-order valence-corrected chi connectivity index (χ0v) is 13.2. The van der Waals surface area contributed by atoms with Gasteiger partial charge in [0.25, 0.3) is 5.91 Å². The van der Waals surface area contributed by atoms with Gasteiger partial charge in [0.1, 0.15) is 0 Å². The molecule has 5 nitrogen and oxygen atoms in total. The molecule has 1 fully saturated rings. The number of benzene rings is 1. The smallest absolute Gasteiger partial charge is 0.253 e. The maximum Gasteiger partial charge on any atom is 0.253 e. The summed E-state index contributed by atoms with van der Waals surface area (Å²) in [6, 6.07) is 9.39. The Kier molecular flexibility index (Phi) is 5.17. The van der Waals surface area contributed by atoms with Gasteiger partial charge >= 0.3 is 0 Å². The lowest BCUT2D eigenvalue weighted by molar-refractivity contribution is 0.0178. The molecule has 1 amide bonds. The van der Waals surface area contributed by atoms with Crippen molar-refractivity contribution in [3.63, 3.8) is 0 Å². The van der Waals surface area contributed by atoms with E-state index in [9.17, 15) is 9.90 Å². The highest BCUT2D eigenvalue weighted by atomic mass is 16.3. The molecule has 1 N–H and O–H groups in total. The van der Waals surface area contributed by atoms with Crippen molar-refractivity contribution >= 4 is 5.91 Å². The van der Waals surface area contributed by atoms with E-state index in [0.29, 0.717) is 31.6 Å². The van der Waals surface area contributed by atoms with E-state index in [0.717, 1.165) is 18.7 Å². The van der Waals surface area contributed by atoms with E-state index < -0.39 is 5.60 Å². The van der Waals surface area contributed by atoms with Crippen molar-refractivity contribution < 1.29 is 9.90 Å². The van der Waals surface area contributed by atoms with Gasteiger partial charge in [-0.15, -0.1) is 0 Å². The van der Waals surface area contributed by atoms with Crippen LogP contribution >= 0.6 is 0 Å². The number of carbonyl (C=O) groups is 1. The van der Waals surface area contributed by atoms with Gasteiger partial charge in [0, 0.05) is 38.3 Å². The van der Waals surface area contributed by atoms with E-state index >= 15 is 0 Å². The van der Waals surface area contributed by atoms with E-state index in [2.05, 4.69) is 11.0 Å². The van der Waals surface area contributed by atoms with E-state index in [1.165, 1.54) is 0 Å². The minimum absolute atomic E-state index is 0.0164. The maximum absolute atomic E-state index is 12.5. The van der Waals surface area contributed by atoms with Crippen molar-refractivity contribution in [1.82, 2.24) is 9.80 Å². The Labute approximate surface area is 131 Å². The molecule has 118 valence electrons. The van der Waals surface area contributed by atoms with Gasteiger partial charge in [-0.2, -0.15) is 5.26 Å². The SMILES string of the molecule is CC(C)(O)CN1CCN(C(=O)c2cccc(CC#N)c2)CC1.